The highest BCUT2D eigenvalue weighted by atomic mass is 35.5. The summed E-state index contributed by atoms with van der Waals surface area (Å²) in [5.74, 6) is 0.379. The van der Waals surface area contributed by atoms with Crippen molar-refractivity contribution in [3.8, 4) is 0 Å². The van der Waals surface area contributed by atoms with Crippen LogP contribution >= 0.6 is 23.2 Å². The van der Waals surface area contributed by atoms with Gasteiger partial charge in [-0.15, -0.1) is 10.2 Å². The largest absolute Gasteiger partial charge is 0.393 e. The van der Waals surface area contributed by atoms with Crippen molar-refractivity contribution in [1.82, 2.24) is 15.2 Å². The van der Waals surface area contributed by atoms with E-state index < -0.39 is 6.10 Å². The lowest BCUT2D eigenvalue weighted by Crippen LogP contribution is -2.21. The smallest absolute Gasteiger partial charge is 0.245 e. The lowest BCUT2D eigenvalue weighted by atomic mass is 10.1. The molecule has 0 aliphatic carbocycles. The minimum atomic E-state index is -0.392. The van der Waals surface area contributed by atoms with Crippen molar-refractivity contribution < 1.29 is 5.11 Å². The van der Waals surface area contributed by atoms with Crippen LogP contribution in [0.2, 0.25) is 10.4 Å². The van der Waals surface area contributed by atoms with Crippen LogP contribution in [-0.2, 0) is 0 Å². The number of aliphatic hydroxyl groups is 1. The third-order valence-electron chi connectivity index (χ3n) is 1.70. The molecule has 2 unspecified atom stereocenters. The zero-order valence-electron chi connectivity index (χ0n) is 8.41. The average Bonchev–Trinajstić information content (AvgIpc) is 2.10. The van der Waals surface area contributed by atoms with E-state index in [1.807, 2.05) is 6.92 Å². The van der Waals surface area contributed by atoms with Crippen LogP contribution in [0.5, 0.6) is 0 Å². The van der Waals surface area contributed by atoms with Gasteiger partial charge in [0.25, 0.3) is 0 Å². The number of rotatable bonds is 4. The Kier molecular flexibility index (Phi) is 4.50. The Morgan fingerprint density at radius 3 is 2.60 bits per heavy atom. The minimum absolute atomic E-state index is 0.0234. The SMILES string of the molecule is CC(O)CC(C)Nc1nc(Cl)nnc1Cl. The zero-order valence-corrected chi connectivity index (χ0v) is 9.92. The van der Waals surface area contributed by atoms with Gasteiger partial charge in [0, 0.05) is 6.04 Å². The number of aliphatic hydroxyl groups excluding tert-OH is 1. The number of aromatic nitrogens is 3. The van der Waals surface area contributed by atoms with Gasteiger partial charge in [0.1, 0.15) is 0 Å². The Labute approximate surface area is 97.8 Å². The molecule has 0 aliphatic rings. The van der Waals surface area contributed by atoms with Gasteiger partial charge in [-0.1, -0.05) is 11.6 Å². The molecule has 84 valence electrons. The van der Waals surface area contributed by atoms with E-state index in [0.29, 0.717) is 12.2 Å². The molecule has 0 spiro atoms. The fourth-order valence-electron chi connectivity index (χ4n) is 1.19. The van der Waals surface area contributed by atoms with Gasteiger partial charge in [0.15, 0.2) is 11.0 Å². The summed E-state index contributed by atoms with van der Waals surface area (Å²) in [4.78, 5) is 3.89. The molecule has 0 aromatic carbocycles. The third kappa shape index (κ3) is 4.15. The number of anilines is 1. The lowest BCUT2D eigenvalue weighted by molar-refractivity contribution is 0.179. The highest BCUT2D eigenvalue weighted by molar-refractivity contribution is 6.32. The van der Waals surface area contributed by atoms with E-state index in [1.54, 1.807) is 6.92 Å². The van der Waals surface area contributed by atoms with Gasteiger partial charge >= 0.3 is 0 Å². The number of nitrogens with zero attached hydrogens (tertiary/aromatic N) is 3. The first-order valence-corrected chi connectivity index (χ1v) is 5.25. The molecular formula is C8H12Cl2N4O. The van der Waals surface area contributed by atoms with E-state index in [9.17, 15) is 5.11 Å². The van der Waals surface area contributed by atoms with Crippen LogP contribution in [0.3, 0.4) is 0 Å². The molecule has 7 heteroatoms. The minimum Gasteiger partial charge on any atom is -0.393 e. The summed E-state index contributed by atoms with van der Waals surface area (Å²) < 4.78 is 0. The van der Waals surface area contributed by atoms with Crippen molar-refractivity contribution in [2.45, 2.75) is 32.4 Å². The third-order valence-corrected chi connectivity index (χ3v) is 2.11. The first kappa shape index (κ1) is 12.4. The van der Waals surface area contributed by atoms with Crippen molar-refractivity contribution in [3.63, 3.8) is 0 Å². The molecule has 2 N–H and O–H groups in total. The summed E-state index contributed by atoms with van der Waals surface area (Å²) in [5.41, 5.74) is 0. The summed E-state index contributed by atoms with van der Waals surface area (Å²) in [6.07, 6.45) is 0.189. The molecule has 0 radical (unpaired) electrons. The molecule has 1 aromatic rings. The van der Waals surface area contributed by atoms with Crippen LogP contribution in [0.1, 0.15) is 20.3 Å². The Morgan fingerprint density at radius 1 is 1.33 bits per heavy atom. The van der Waals surface area contributed by atoms with E-state index in [4.69, 9.17) is 23.2 Å². The molecule has 1 rings (SSSR count). The van der Waals surface area contributed by atoms with Gasteiger partial charge in [0.05, 0.1) is 6.10 Å². The topological polar surface area (TPSA) is 70.9 Å². The molecule has 0 bridgehead atoms. The van der Waals surface area contributed by atoms with Crippen LogP contribution < -0.4 is 5.32 Å². The maximum Gasteiger partial charge on any atom is 0.245 e. The monoisotopic (exact) mass is 250 g/mol. The van der Waals surface area contributed by atoms with E-state index in [-0.39, 0.29) is 16.5 Å². The molecule has 0 saturated heterocycles. The fraction of sp³-hybridized carbons (Fsp3) is 0.625. The second kappa shape index (κ2) is 5.44. The number of nitrogens with one attached hydrogen (secondary N) is 1. The van der Waals surface area contributed by atoms with Crippen molar-refractivity contribution in [3.05, 3.63) is 10.4 Å². The van der Waals surface area contributed by atoms with Crippen LogP contribution in [-0.4, -0.2) is 32.4 Å². The molecule has 2 atom stereocenters. The fourth-order valence-corrected chi connectivity index (χ4v) is 1.45. The highest BCUT2D eigenvalue weighted by Crippen LogP contribution is 2.18. The Morgan fingerprint density at radius 2 is 2.00 bits per heavy atom. The molecule has 0 amide bonds. The van der Waals surface area contributed by atoms with E-state index >= 15 is 0 Å². The van der Waals surface area contributed by atoms with E-state index in [0.717, 1.165) is 0 Å². The molecule has 0 aliphatic heterocycles. The molecule has 5 nitrogen and oxygen atoms in total. The second-order valence-electron chi connectivity index (χ2n) is 3.35. The molecule has 1 heterocycles. The zero-order chi connectivity index (χ0) is 11.4. The molecule has 1 aromatic heterocycles. The summed E-state index contributed by atoms with van der Waals surface area (Å²) in [7, 11) is 0. The summed E-state index contributed by atoms with van der Waals surface area (Å²) in [6, 6.07) is 0.0234. The second-order valence-corrected chi connectivity index (χ2v) is 4.05. The van der Waals surface area contributed by atoms with Crippen molar-refractivity contribution in [1.29, 1.82) is 0 Å². The molecule has 0 saturated carbocycles. The van der Waals surface area contributed by atoms with Crippen LogP contribution in [0, 0.1) is 0 Å². The van der Waals surface area contributed by atoms with Crippen LogP contribution in [0.4, 0.5) is 5.82 Å². The van der Waals surface area contributed by atoms with Gasteiger partial charge in [0.2, 0.25) is 5.28 Å². The highest BCUT2D eigenvalue weighted by Gasteiger charge is 2.11. The first-order chi connectivity index (χ1) is 6.99. The van der Waals surface area contributed by atoms with Crippen LogP contribution in [0.15, 0.2) is 0 Å². The predicted octanol–water partition coefficient (Wildman–Crippen LogP) is 1.75. The predicted molar refractivity (Wildman–Crippen MR) is 59.2 cm³/mol. The first-order valence-electron chi connectivity index (χ1n) is 4.49. The van der Waals surface area contributed by atoms with Crippen molar-refractivity contribution in [2.75, 3.05) is 5.32 Å². The Hall–Kier alpha value is -0.650. The molecular weight excluding hydrogens is 239 g/mol. The Balaban J connectivity index is 2.67. The van der Waals surface area contributed by atoms with Gasteiger partial charge in [-0.3, -0.25) is 0 Å². The lowest BCUT2D eigenvalue weighted by Gasteiger charge is -2.15. The summed E-state index contributed by atoms with van der Waals surface area (Å²) >= 11 is 11.3. The van der Waals surface area contributed by atoms with Gasteiger partial charge in [-0.25, -0.2) is 0 Å². The van der Waals surface area contributed by atoms with E-state index in [2.05, 4.69) is 20.5 Å². The number of hydrogen-bond donors (Lipinski definition) is 2. The normalized spacial score (nSPS) is 14.7. The summed E-state index contributed by atoms with van der Waals surface area (Å²) in [6.45, 7) is 3.62. The molecule has 15 heavy (non-hydrogen) atoms. The van der Waals surface area contributed by atoms with Crippen molar-refractivity contribution >= 4 is 29.0 Å². The summed E-state index contributed by atoms with van der Waals surface area (Å²) in [5, 5.41) is 19.5. The maximum atomic E-state index is 9.18. The quantitative estimate of drug-likeness (QED) is 0.852. The van der Waals surface area contributed by atoms with Gasteiger partial charge in [-0.2, -0.15) is 4.98 Å². The Bertz CT molecular complexity index is 334. The van der Waals surface area contributed by atoms with Gasteiger partial charge in [-0.05, 0) is 31.9 Å². The number of hydrogen-bond acceptors (Lipinski definition) is 5. The van der Waals surface area contributed by atoms with Crippen molar-refractivity contribution in [2.24, 2.45) is 0 Å². The molecule has 0 fully saturated rings. The number of halogens is 2. The standard InChI is InChI=1S/C8H12Cl2N4O/c1-4(3-5(2)15)11-7-6(9)13-14-8(10)12-7/h4-5,15H,3H2,1-2H3,(H,11,12,14). The van der Waals surface area contributed by atoms with E-state index in [1.165, 1.54) is 0 Å². The average molecular weight is 251 g/mol. The maximum absolute atomic E-state index is 9.18. The van der Waals surface area contributed by atoms with Gasteiger partial charge < -0.3 is 10.4 Å². The van der Waals surface area contributed by atoms with Crippen LogP contribution in [0.25, 0.3) is 0 Å².